The summed E-state index contributed by atoms with van der Waals surface area (Å²) < 4.78 is 7.61. The van der Waals surface area contributed by atoms with E-state index in [1.165, 1.54) is 0 Å². The summed E-state index contributed by atoms with van der Waals surface area (Å²) in [7, 11) is 0. The Hall–Kier alpha value is -0.810. The highest BCUT2D eigenvalue weighted by Crippen LogP contribution is 2.28. The molecule has 0 atom stereocenters. The first-order valence-corrected chi connectivity index (χ1v) is 7.55. The molecule has 2 N–H and O–H groups in total. The van der Waals surface area contributed by atoms with Crippen molar-refractivity contribution in [3.63, 3.8) is 0 Å². The average Bonchev–Trinajstić information content (AvgIpc) is 2.73. The molecule has 110 valence electrons. The Morgan fingerprint density at radius 1 is 1.25 bits per heavy atom. The summed E-state index contributed by atoms with van der Waals surface area (Å²) >= 11 is 12.2. The summed E-state index contributed by atoms with van der Waals surface area (Å²) in [6.07, 6.45) is 1.95. The first-order valence-electron chi connectivity index (χ1n) is 6.79. The minimum atomic E-state index is 0.534. The fraction of sp³-hybridized carbons (Fsp3) is 0.500. The molecule has 0 saturated heterocycles. The highest BCUT2D eigenvalue weighted by Gasteiger charge is 2.12. The number of benzene rings is 1. The fourth-order valence-electron chi connectivity index (χ4n) is 2.18. The molecule has 0 bridgehead atoms. The van der Waals surface area contributed by atoms with Crippen molar-refractivity contribution in [2.24, 2.45) is 5.73 Å². The molecule has 0 aliphatic heterocycles. The van der Waals surface area contributed by atoms with Crippen LogP contribution in [0.2, 0.25) is 10.0 Å². The molecular formula is C14H19Cl2N3O. The van der Waals surface area contributed by atoms with Gasteiger partial charge in [-0.2, -0.15) is 0 Å². The molecule has 0 unspecified atom stereocenters. The number of halogens is 2. The summed E-state index contributed by atoms with van der Waals surface area (Å²) in [5, 5.41) is 1.08. The molecule has 0 aliphatic rings. The Bertz CT molecular complexity index is 583. The molecule has 2 aromatic rings. The standard InChI is InChI=1S/C14H19Cl2N3O/c1-2-3-14-18-12-8-10(15)11(16)9-13(12)19(14)5-7-20-6-4-17/h8-9H,2-7,17H2,1H3. The highest BCUT2D eigenvalue weighted by molar-refractivity contribution is 6.42. The SMILES string of the molecule is CCCc1nc2cc(Cl)c(Cl)cc2n1CCOCCN. The zero-order valence-electron chi connectivity index (χ0n) is 11.5. The van der Waals surface area contributed by atoms with Gasteiger partial charge in [0.05, 0.1) is 34.3 Å². The van der Waals surface area contributed by atoms with Crippen molar-refractivity contribution in [2.75, 3.05) is 19.8 Å². The number of hydrogen-bond donors (Lipinski definition) is 1. The quantitative estimate of drug-likeness (QED) is 0.798. The summed E-state index contributed by atoms with van der Waals surface area (Å²) in [4.78, 5) is 4.64. The van der Waals surface area contributed by atoms with Crippen LogP contribution in [0.15, 0.2) is 12.1 Å². The number of aromatic nitrogens is 2. The van der Waals surface area contributed by atoms with Crippen LogP contribution in [0, 0.1) is 0 Å². The Morgan fingerprint density at radius 3 is 2.70 bits per heavy atom. The molecule has 1 aromatic heterocycles. The van der Waals surface area contributed by atoms with Crippen LogP contribution < -0.4 is 5.73 Å². The van der Waals surface area contributed by atoms with Crippen LogP contribution >= 0.6 is 23.2 Å². The van der Waals surface area contributed by atoms with Gasteiger partial charge in [-0.05, 0) is 18.6 Å². The molecule has 1 aromatic carbocycles. The number of nitrogens with two attached hydrogens (primary N) is 1. The predicted molar refractivity (Wildman–Crippen MR) is 83.6 cm³/mol. The number of imidazole rings is 1. The minimum Gasteiger partial charge on any atom is -0.378 e. The van der Waals surface area contributed by atoms with E-state index in [0.29, 0.717) is 29.8 Å². The van der Waals surface area contributed by atoms with Gasteiger partial charge < -0.3 is 15.0 Å². The van der Waals surface area contributed by atoms with Gasteiger partial charge in [0.25, 0.3) is 0 Å². The largest absolute Gasteiger partial charge is 0.378 e. The monoisotopic (exact) mass is 315 g/mol. The molecule has 0 spiro atoms. The normalized spacial score (nSPS) is 11.4. The van der Waals surface area contributed by atoms with Crippen LogP contribution in [0.4, 0.5) is 0 Å². The van der Waals surface area contributed by atoms with Crippen molar-refractivity contribution in [1.82, 2.24) is 9.55 Å². The molecule has 0 aliphatic carbocycles. The predicted octanol–water partition coefficient (Wildman–Crippen LogP) is 3.27. The van der Waals surface area contributed by atoms with Crippen LogP contribution in [0.1, 0.15) is 19.2 Å². The topological polar surface area (TPSA) is 53.1 Å². The molecule has 6 heteroatoms. The first-order chi connectivity index (χ1) is 9.67. The lowest BCUT2D eigenvalue weighted by Crippen LogP contribution is -2.13. The van der Waals surface area contributed by atoms with E-state index < -0.39 is 0 Å². The summed E-state index contributed by atoms with van der Waals surface area (Å²) in [5.74, 6) is 1.04. The summed E-state index contributed by atoms with van der Waals surface area (Å²) in [5.41, 5.74) is 7.29. The van der Waals surface area contributed by atoms with Crippen LogP contribution in [0.5, 0.6) is 0 Å². The third-order valence-corrected chi connectivity index (χ3v) is 3.79. The Kier molecular flexibility index (Phi) is 5.66. The van der Waals surface area contributed by atoms with Gasteiger partial charge in [-0.15, -0.1) is 0 Å². The molecule has 20 heavy (non-hydrogen) atoms. The number of aryl methyl sites for hydroxylation is 1. The number of nitrogens with zero attached hydrogens (tertiary/aromatic N) is 2. The second-order valence-corrected chi connectivity index (χ2v) is 5.40. The van der Waals surface area contributed by atoms with Gasteiger partial charge in [0.1, 0.15) is 5.82 Å². The summed E-state index contributed by atoms with van der Waals surface area (Å²) in [6.45, 7) is 4.59. The van der Waals surface area contributed by atoms with E-state index in [9.17, 15) is 0 Å². The van der Waals surface area contributed by atoms with E-state index in [-0.39, 0.29) is 0 Å². The van der Waals surface area contributed by atoms with Crippen molar-refractivity contribution in [2.45, 2.75) is 26.3 Å². The molecule has 0 saturated carbocycles. The Labute approximate surface area is 128 Å². The third kappa shape index (κ3) is 3.44. The number of rotatable bonds is 7. The van der Waals surface area contributed by atoms with E-state index in [1.807, 2.05) is 12.1 Å². The van der Waals surface area contributed by atoms with Crippen LogP contribution in [-0.2, 0) is 17.7 Å². The van der Waals surface area contributed by atoms with Crippen molar-refractivity contribution < 1.29 is 4.74 Å². The molecule has 0 radical (unpaired) electrons. The molecule has 0 fully saturated rings. The average molecular weight is 316 g/mol. The molecule has 2 rings (SSSR count). The maximum absolute atomic E-state index is 6.11. The van der Waals surface area contributed by atoms with Crippen molar-refractivity contribution in [1.29, 1.82) is 0 Å². The first kappa shape index (κ1) is 15.6. The number of hydrogen-bond acceptors (Lipinski definition) is 3. The van der Waals surface area contributed by atoms with Gasteiger partial charge in [0.2, 0.25) is 0 Å². The zero-order chi connectivity index (χ0) is 14.5. The summed E-state index contributed by atoms with van der Waals surface area (Å²) in [6, 6.07) is 3.68. The van der Waals surface area contributed by atoms with Gasteiger partial charge in [-0.3, -0.25) is 0 Å². The maximum atomic E-state index is 6.11. The fourth-order valence-corrected chi connectivity index (χ4v) is 2.49. The maximum Gasteiger partial charge on any atom is 0.109 e. The third-order valence-electron chi connectivity index (χ3n) is 3.06. The van der Waals surface area contributed by atoms with Crippen molar-refractivity contribution in [3.8, 4) is 0 Å². The van der Waals surface area contributed by atoms with E-state index in [2.05, 4.69) is 16.5 Å². The molecule has 0 amide bonds. The van der Waals surface area contributed by atoms with E-state index in [4.69, 9.17) is 33.7 Å². The van der Waals surface area contributed by atoms with Gasteiger partial charge in [-0.1, -0.05) is 30.1 Å². The lowest BCUT2D eigenvalue weighted by atomic mass is 10.3. The van der Waals surface area contributed by atoms with Gasteiger partial charge in [0.15, 0.2) is 0 Å². The van der Waals surface area contributed by atoms with Crippen molar-refractivity contribution in [3.05, 3.63) is 28.0 Å². The zero-order valence-corrected chi connectivity index (χ0v) is 13.0. The highest BCUT2D eigenvalue weighted by atomic mass is 35.5. The van der Waals surface area contributed by atoms with E-state index >= 15 is 0 Å². The van der Waals surface area contributed by atoms with Crippen molar-refractivity contribution >= 4 is 34.2 Å². The van der Waals surface area contributed by atoms with Crippen LogP contribution in [0.25, 0.3) is 11.0 Å². The second kappa shape index (κ2) is 7.27. The van der Waals surface area contributed by atoms with Gasteiger partial charge in [0, 0.05) is 19.5 Å². The molecule has 4 nitrogen and oxygen atoms in total. The molecular weight excluding hydrogens is 297 g/mol. The lowest BCUT2D eigenvalue weighted by Gasteiger charge is -2.09. The minimum absolute atomic E-state index is 0.534. The number of ether oxygens (including phenoxy) is 1. The number of fused-ring (bicyclic) bond motifs is 1. The smallest absolute Gasteiger partial charge is 0.109 e. The Morgan fingerprint density at radius 2 is 2.00 bits per heavy atom. The lowest BCUT2D eigenvalue weighted by molar-refractivity contribution is 0.133. The van der Waals surface area contributed by atoms with Crippen LogP contribution in [0.3, 0.4) is 0 Å². The van der Waals surface area contributed by atoms with Gasteiger partial charge in [-0.25, -0.2) is 4.98 Å². The van der Waals surface area contributed by atoms with Gasteiger partial charge >= 0.3 is 0 Å². The van der Waals surface area contributed by atoms with E-state index in [1.54, 1.807) is 0 Å². The second-order valence-electron chi connectivity index (χ2n) is 4.59. The van der Waals surface area contributed by atoms with E-state index in [0.717, 1.165) is 36.2 Å². The molecule has 1 heterocycles. The Balaban J connectivity index is 2.32. The van der Waals surface area contributed by atoms with Crippen LogP contribution in [-0.4, -0.2) is 29.3 Å².